The van der Waals surface area contributed by atoms with E-state index in [4.69, 9.17) is 0 Å². The lowest BCUT2D eigenvalue weighted by atomic mass is 9.91. The molecular formula is C15H21FN2O2. The summed E-state index contributed by atoms with van der Waals surface area (Å²) in [5.74, 6) is -0.531. The number of rotatable bonds is 5. The molecule has 20 heavy (non-hydrogen) atoms. The minimum atomic E-state index is -1.31. The van der Waals surface area contributed by atoms with Gasteiger partial charge in [-0.3, -0.25) is 4.79 Å². The van der Waals surface area contributed by atoms with Gasteiger partial charge in [-0.1, -0.05) is 19.1 Å². The van der Waals surface area contributed by atoms with Crippen molar-refractivity contribution in [3.8, 4) is 0 Å². The molecule has 1 saturated heterocycles. The van der Waals surface area contributed by atoms with Crippen molar-refractivity contribution < 1.29 is 14.3 Å². The Morgan fingerprint density at radius 2 is 2.10 bits per heavy atom. The van der Waals surface area contributed by atoms with Crippen LogP contribution >= 0.6 is 0 Å². The third-order valence-electron chi connectivity index (χ3n) is 3.66. The Bertz CT molecular complexity index is 463. The normalized spacial score (nSPS) is 23.1. The molecule has 1 amide bonds. The molecule has 0 radical (unpaired) electrons. The van der Waals surface area contributed by atoms with Gasteiger partial charge in [-0.05, 0) is 37.1 Å². The Kier molecular flexibility index (Phi) is 4.73. The van der Waals surface area contributed by atoms with Gasteiger partial charge in [-0.15, -0.1) is 0 Å². The quantitative estimate of drug-likeness (QED) is 0.854. The summed E-state index contributed by atoms with van der Waals surface area (Å²) in [5, 5.41) is 13.5. The van der Waals surface area contributed by atoms with Crippen LogP contribution in [0, 0.1) is 5.82 Å². The van der Waals surface area contributed by atoms with E-state index in [-0.39, 0.29) is 18.3 Å². The van der Waals surface area contributed by atoms with Gasteiger partial charge in [0.25, 0.3) is 5.91 Å². The van der Waals surface area contributed by atoms with Crippen molar-refractivity contribution in [1.29, 1.82) is 0 Å². The van der Waals surface area contributed by atoms with Crippen LogP contribution in [-0.2, 0) is 11.3 Å². The first-order chi connectivity index (χ1) is 9.55. The smallest absolute Gasteiger partial charge is 0.256 e. The summed E-state index contributed by atoms with van der Waals surface area (Å²) in [6.45, 7) is 3.97. The van der Waals surface area contributed by atoms with Gasteiger partial charge in [0.1, 0.15) is 5.82 Å². The fraction of sp³-hybridized carbons (Fsp3) is 0.533. The summed E-state index contributed by atoms with van der Waals surface area (Å²) in [4.78, 5) is 14.0. The Hall–Kier alpha value is -1.46. The monoisotopic (exact) mass is 280 g/mol. The lowest BCUT2D eigenvalue weighted by molar-refractivity contribution is -0.157. The second-order valence-corrected chi connectivity index (χ2v) is 5.27. The van der Waals surface area contributed by atoms with Gasteiger partial charge in [0, 0.05) is 19.6 Å². The van der Waals surface area contributed by atoms with Gasteiger partial charge in [-0.2, -0.15) is 0 Å². The van der Waals surface area contributed by atoms with Crippen LogP contribution in [0.1, 0.15) is 25.3 Å². The largest absolute Gasteiger partial charge is 0.379 e. The van der Waals surface area contributed by atoms with Crippen LogP contribution in [0.15, 0.2) is 24.3 Å². The van der Waals surface area contributed by atoms with Crippen molar-refractivity contribution in [1.82, 2.24) is 10.2 Å². The number of hydrogen-bond acceptors (Lipinski definition) is 3. The third-order valence-corrected chi connectivity index (χ3v) is 3.66. The maximum atomic E-state index is 12.9. The van der Waals surface area contributed by atoms with Crippen molar-refractivity contribution in [3.05, 3.63) is 35.6 Å². The third kappa shape index (κ3) is 3.35. The molecule has 4 nitrogen and oxygen atoms in total. The summed E-state index contributed by atoms with van der Waals surface area (Å²) in [7, 11) is 0. The highest BCUT2D eigenvalue weighted by Crippen LogP contribution is 2.23. The first kappa shape index (κ1) is 14.9. The van der Waals surface area contributed by atoms with Crippen molar-refractivity contribution >= 4 is 5.91 Å². The van der Waals surface area contributed by atoms with E-state index >= 15 is 0 Å². The summed E-state index contributed by atoms with van der Waals surface area (Å²) in [6, 6.07) is 6.10. The molecule has 0 spiro atoms. The second kappa shape index (κ2) is 6.33. The zero-order valence-electron chi connectivity index (χ0n) is 11.7. The van der Waals surface area contributed by atoms with Gasteiger partial charge in [0.2, 0.25) is 0 Å². The lowest BCUT2D eigenvalue weighted by Crippen LogP contribution is -2.57. The van der Waals surface area contributed by atoms with Crippen LogP contribution in [0.2, 0.25) is 0 Å². The molecule has 1 aromatic carbocycles. The molecule has 1 aliphatic heterocycles. The average molecular weight is 280 g/mol. The molecule has 2 rings (SSSR count). The molecule has 0 aliphatic carbocycles. The number of likely N-dealkylation sites (tertiary alicyclic amines) is 1. The van der Waals surface area contributed by atoms with E-state index in [1.807, 2.05) is 6.92 Å². The number of amides is 1. The number of carbonyl (C=O) groups is 1. The zero-order valence-corrected chi connectivity index (χ0v) is 11.7. The molecule has 0 bridgehead atoms. The number of piperidine rings is 1. The topological polar surface area (TPSA) is 52.6 Å². The predicted octanol–water partition coefficient (Wildman–Crippen LogP) is 1.29. The maximum absolute atomic E-state index is 12.9. The van der Waals surface area contributed by atoms with Gasteiger partial charge in [0.05, 0.1) is 0 Å². The summed E-state index contributed by atoms with van der Waals surface area (Å²) < 4.78 is 12.9. The maximum Gasteiger partial charge on any atom is 0.256 e. The molecule has 1 heterocycles. The second-order valence-electron chi connectivity index (χ2n) is 5.27. The molecule has 1 fully saturated rings. The molecule has 1 aliphatic rings. The minimum Gasteiger partial charge on any atom is -0.379 e. The van der Waals surface area contributed by atoms with Crippen LogP contribution in [0.3, 0.4) is 0 Å². The van der Waals surface area contributed by atoms with E-state index < -0.39 is 5.60 Å². The number of halogens is 1. The lowest BCUT2D eigenvalue weighted by Gasteiger charge is -2.38. The van der Waals surface area contributed by atoms with E-state index in [2.05, 4.69) is 5.32 Å². The average Bonchev–Trinajstić information content (AvgIpc) is 2.44. The molecule has 0 saturated carbocycles. The van der Waals surface area contributed by atoms with Crippen molar-refractivity contribution in [3.63, 3.8) is 0 Å². The number of nitrogens with zero attached hydrogens (tertiary/aromatic N) is 1. The molecule has 110 valence electrons. The number of hydrogen-bond donors (Lipinski definition) is 2. The van der Waals surface area contributed by atoms with Crippen molar-refractivity contribution in [2.75, 3.05) is 19.6 Å². The molecule has 1 aromatic rings. The first-order valence-corrected chi connectivity index (χ1v) is 7.02. The molecular weight excluding hydrogens is 259 g/mol. The summed E-state index contributed by atoms with van der Waals surface area (Å²) >= 11 is 0. The van der Waals surface area contributed by atoms with Crippen LogP contribution in [-0.4, -0.2) is 41.1 Å². The van der Waals surface area contributed by atoms with Gasteiger partial charge < -0.3 is 15.3 Å². The minimum absolute atomic E-state index is 0.242. The zero-order chi connectivity index (χ0) is 14.6. The molecule has 1 atom stereocenters. The Morgan fingerprint density at radius 3 is 2.75 bits per heavy atom. The van der Waals surface area contributed by atoms with E-state index in [1.165, 1.54) is 12.1 Å². The number of aliphatic hydroxyl groups is 1. The van der Waals surface area contributed by atoms with Crippen LogP contribution in [0.25, 0.3) is 0 Å². The molecule has 5 heteroatoms. The van der Waals surface area contributed by atoms with Crippen molar-refractivity contribution in [2.45, 2.75) is 31.9 Å². The first-order valence-electron chi connectivity index (χ1n) is 7.02. The highest BCUT2D eigenvalue weighted by Gasteiger charge is 2.41. The predicted molar refractivity (Wildman–Crippen MR) is 74.5 cm³/mol. The fourth-order valence-corrected chi connectivity index (χ4v) is 2.52. The summed E-state index contributed by atoms with van der Waals surface area (Å²) in [5.41, 5.74) is -0.443. The van der Waals surface area contributed by atoms with E-state index in [0.29, 0.717) is 26.1 Å². The van der Waals surface area contributed by atoms with Crippen LogP contribution in [0.4, 0.5) is 4.39 Å². The molecule has 0 unspecified atom stereocenters. The Morgan fingerprint density at radius 1 is 1.40 bits per heavy atom. The highest BCUT2D eigenvalue weighted by atomic mass is 19.1. The van der Waals surface area contributed by atoms with Crippen LogP contribution in [0.5, 0.6) is 0 Å². The van der Waals surface area contributed by atoms with Gasteiger partial charge in [0.15, 0.2) is 5.60 Å². The highest BCUT2D eigenvalue weighted by molar-refractivity contribution is 5.86. The number of nitrogens with one attached hydrogen (secondary N) is 1. The molecule has 2 N–H and O–H groups in total. The Balaban J connectivity index is 2.04. The standard InChI is InChI=1S/C15H21FN2O2/c1-2-17-11-15(20)8-3-9-18(14(15)19)10-12-4-6-13(16)7-5-12/h4-7,17,20H,2-3,8-11H2,1H3/t15-/m1/s1. The van der Waals surface area contributed by atoms with E-state index in [0.717, 1.165) is 12.0 Å². The number of carbonyl (C=O) groups excluding carboxylic acids is 1. The van der Waals surface area contributed by atoms with E-state index in [9.17, 15) is 14.3 Å². The van der Waals surface area contributed by atoms with Crippen molar-refractivity contribution in [2.24, 2.45) is 0 Å². The Labute approximate surface area is 118 Å². The molecule has 0 aromatic heterocycles. The summed E-state index contributed by atoms with van der Waals surface area (Å²) in [6.07, 6.45) is 1.26. The van der Waals surface area contributed by atoms with Crippen LogP contribution < -0.4 is 5.32 Å². The SMILES string of the molecule is CCNC[C@]1(O)CCCN(Cc2ccc(F)cc2)C1=O. The van der Waals surface area contributed by atoms with Gasteiger partial charge in [-0.25, -0.2) is 4.39 Å². The number of benzene rings is 1. The number of likely N-dealkylation sites (N-methyl/N-ethyl adjacent to an activating group) is 1. The van der Waals surface area contributed by atoms with E-state index in [1.54, 1.807) is 17.0 Å². The van der Waals surface area contributed by atoms with Gasteiger partial charge >= 0.3 is 0 Å². The fourth-order valence-electron chi connectivity index (χ4n) is 2.52.